The number of fused-ring (bicyclic) bond motifs is 1. The molecule has 6 heteroatoms. The average Bonchev–Trinajstić information content (AvgIpc) is 3.27. The van der Waals surface area contributed by atoms with Gasteiger partial charge in [0.1, 0.15) is 11.3 Å². The van der Waals surface area contributed by atoms with E-state index in [9.17, 15) is 0 Å². The van der Waals surface area contributed by atoms with Crippen molar-refractivity contribution in [1.82, 2.24) is 29.5 Å². The van der Waals surface area contributed by atoms with E-state index >= 15 is 0 Å². The van der Waals surface area contributed by atoms with E-state index in [1.807, 2.05) is 6.20 Å². The van der Waals surface area contributed by atoms with E-state index in [1.54, 1.807) is 0 Å². The number of aryl methyl sites for hydroxylation is 2. The van der Waals surface area contributed by atoms with Crippen LogP contribution in [0.5, 0.6) is 0 Å². The van der Waals surface area contributed by atoms with Gasteiger partial charge in [0.15, 0.2) is 5.65 Å². The molecule has 23 heavy (non-hydrogen) atoms. The maximum absolute atomic E-state index is 4.87. The normalized spacial score (nSPS) is 16.0. The Kier molecular flexibility index (Phi) is 3.47. The second-order valence-electron chi connectivity index (χ2n) is 6.62. The molecule has 0 aromatic carbocycles. The van der Waals surface area contributed by atoms with Crippen molar-refractivity contribution in [2.24, 2.45) is 0 Å². The highest BCUT2D eigenvalue weighted by Crippen LogP contribution is 2.33. The molecule has 1 N–H and O–H groups in total. The maximum Gasteiger partial charge on any atom is 0.177 e. The molecule has 0 unspecified atom stereocenters. The molecular formula is C17H24N6. The largest absolute Gasteiger partial charge is 0.335 e. The molecule has 0 atom stereocenters. The van der Waals surface area contributed by atoms with Gasteiger partial charge in [-0.05, 0) is 33.1 Å². The molecule has 1 aliphatic carbocycles. The number of rotatable bonds is 4. The third-order valence-electron chi connectivity index (χ3n) is 4.99. The number of aromatic nitrogens is 6. The summed E-state index contributed by atoms with van der Waals surface area (Å²) in [6.45, 7) is 7.28. The van der Waals surface area contributed by atoms with Gasteiger partial charge in [0.05, 0.1) is 23.5 Å². The Morgan fingerprint density at radius 3 is 2.78 bits per heavy atom. The van der Waals surface area contributed by atoms with Crippen LogP contribution in [0.2, 0.25) is 0 Å². The molecule has 3 aromatic rings. The molecule has 1 saturated carbocycles. The lowest BCUT2D eigenvalue weighted by molar-refractivity contribution is 0.476. The molecule has 3 aromatic heterocycles. The number of H-pyrrole nitrogens is 1. The average molecular weight is 312 g/mol. The summed E-state index contributed by atoms with van der Waals surface area (Å²) in [7, 11) is 0. The summed E-state index contributed by atoms with van der Waals surface area (Å²) in [5.74, 6) is 0.909. The Bertz CT molecular complexity index is 831. The van der Waals surface area contributed by atoms with Gasteiger partial charge in [0.2, 0.25) is 0 Å². The van der Waals surface area contributed by atoms with E-state index < -0.39 is 0 Å². The molecule has 0 bridgehead atoms. The topological polar surface area (TPSA) is 64.3 Å². The van der Waals surface area contributed by atoms with Gasteiger partial charge in [0, 0.05) is 12.2 Å². The number of nitrogens with zero attached hydrogens (tertiary/aromatic N) is 5. The molecule has 0 saturated heterocycles. The molecule has 0 radical (unpaired) electrons. The van der Waals surface area contributed by atoms with Crippen LogP contribution in [0, 0.1) is 13.8 Å². The van der Waals surface area contributed by atoms with Crippen molar-refractivity contribution in [2.45, 2.75) is 65.5 Å². The van der Waals surface area contributed by atoms with E-state index in [0.29, 0.717) is 6.04 Å². The lowest BCUT2D eigenvalue weighted by atomic mass is 10.2. The zero-order valence-electron chi connectivity index (χ0n) is 14.1. The molecule has 0 aliphatic heterocycles. The minimum absolute atomic E-state index is 0.506. The summed E-state index contributed by atoms with van der Waals surface area (Å²) in [4.78, 5) is 8.35. The molecule has 122 valence electrons. The van der Waals surface area contributed by atoms with Gasteiger partial charge in [-0.2, -0.15) is 10.2 Å². The fraction of sp³-hybridized carbons (Fsp3) is 0.588. The van der Waals surface area contributed by atoms with Crippen LogP contribution in [0.15, 0.2) is 6.20 Å². The number of imidazole rings is 1. The minimum atomic E-state index is 0.506. The van der Waals surface area contributed by atoms with E-state index in [1.165, 1.54) is 31.4 Å². The first-order valence-electron chi connectivity index (χ1n) is 8.66. The Morgan fingerprint density at radius 1 is 1.26 bits per heavy atom. The van der Waals surface area contributed by atoms with Gasteiger partial charge < -0.3 is 4.98 Å². The number of hydrogen-bond acceptors (Lipinski definition) is 3. The van der Waals surface area contributed by atoms with Crippen molar-refractivity contribution in [3.8, 4) is 11.4 Å². The van der Waals surface area contributed by atoms with Crippen LogP contribution in [0.25, 0.3) is 22.6 Å². The molecule has 4 rings (SSSR count). The Hall–Kier alpha value is -2.11. The Balaban J connectivity index is 1.78. The second-order valence-corrected chi connectivity index (χ2v) is 6.62. The molecular weight excluding hydrogens is 288 g/mol. The summed E-state index contributed by atoms with van der Waals surface area (Å²) in [6, 6.07) is 0.506. The van der Waals surface area contributed by atoms with Crippen LogP contribution in [-0.4, -0.2) is 29.5 Å². The lowest BCUT2D eigenvalue weighted by Gasteiger charge is -2.09. The summed E-state index contributed by atoms with van der Waals surface area (Å²) >= 11 is 0. The monoisotopic (exact) mass is 312 g/mol. The fourth-order valence-electron chi connectivity index (χ4n) is 3.69. The number of hydrogen-bond donors (Lipinski definition) is 1. The smallest absolute Gasteiger partial charge is 0.177 e. The third kappa shape index (κ3) is 2.28. The molecule has 0 amide bonds. The highest BCUT2D eigenvalue weighted by molar-refractivity contribution is 5.79. The van der Waals surface area contributed by atoms with Crippen LogP contribution in [0.4, 0.5) is 0 Å². The summed E-state index contributed by atoms with van der Waals surface area (Å²) < 4.78 is 4.20. The van der Waals surface area contributed by atoms with Crippen molar-refractivity contribution in [2.75, 3.05) is 0 Å². The first kappa shape index (κ1) is 14.5. The quantitative estimate of drug-likeness (QED) is 0.797. The number of nitrogens with one attached hydrogen (secondary N) is 1. The van der Waals surface area contributed by atoms with Gasteiger partial charge >= 0.3 is 0 Å². The van der Waals surface area contributed by atoms with Crippen LogP contribution in [-0.2, 0) is 6.54 Å². The molecule has 1 aliphatic rings. The van der Waals surface area contributed by atoms with E-state index in [0.717, 1.165) is 41.2 Å². The van der Waals surface area contributed by atoms with Gasteiger partial charge in [-0.15, -0.1) is 0 Å². The van der Waals surface area contributed by atoms with E-state index in [-0.39, 0.29) is 0 Å². The highest BCUT2D eigenvalue weighted by Gasteiger charge is 2.23. The van der Waals surface area contributed by atoms with Crippen molar-refractivity contribution in [3.63, 3.8) is 0 Å². The Labute approximate surface area is 135 Å². The first-order chi connectivity index (χ1) is 11.2. The minimum Gasteiger partial charge on any atom is -0.335 e. The zero-order chi connectivity index (χ0) is 16.0. The predicted molar refractivity (Wildman–Crippen MR) is 90.4 cm³/mol. The third-order valence-corrected chi connectivity index (χ3v) is 4.99. The standard InChI is InChI=1S/C17H24N6/c1-4-9-22-12(3)14(10-18-22)16-19-15-11(2)21-23(17(15)20-16)13-7-5-6-8-13/h10,13H,4-9H2,1-3H3,(H,19,20). The Morgan fingerprint density at radius 2 is 2.04 bits per heavy atom. The molecule has 0 spiro atoms. The maximum atomic E-state index is 4.87. The lowest BCUT2D eigenvalue weighted by Crippen LogP contribution is -2.07. The van der Waals surface area contributed by atoms with Crippen molar-refractivity contribution >= 4 is 11.2 Å². The summed E-state index contributed by atoms with van der Waals surface area (Å²) in [5, 5.41) is 9.22. The summed E-state index contributed by atoms with van der Waals surface area (Å²) in [6.07, 6.45) is 8.03. The number of aromatic amines is 1. The van der Waals surface area contributed by atoms with Crippen molar-refractivity contribution in [3.05, 3.63) is 17.6 Å². The first-order valence-corrected chi connectivity index (χ1v) is 8.66. The second kappa shape index (κ2) is 5.51. The van der Waals surface area contributed by atoms with Gasteiger partial charge in [-0.3, -0.25) is 4.68 Å². The zero-order valence-corrected chi connectivity index (χ0v) is 14.1. The SMILES string of the molecule is CCCn1ncc(-c2nc3c([nH]2)c(C)nn3C2CCCC2)c1C. The molecule has 6 nitrogen and oxygen atoms in total. The highest BCUT2D eigenvalue weighted by atomic mass is 15.3. The van der Waals surface area contributed by atoms with Gasteiger partial charge in [-0.1, -0.05) is 19.8 Å². The van der Waals surface area contributed by atoms with Crippen molar-refractivity contribution in [1.29, 1.82) is 0 Å². The van der Waals surface area contributed by atoms with Gasteiger partial charge in [0.25, 0.3) is 0 Å². The predicted octanol–water partition coefficient (Wildman–Crippen LogP) is 3.76. The molecule has 3 heterocycles. The van der Waals surface area contributed by atoms with E-state index in [4.69, 9.17) is 10.1 Å². The van der Waals surface area contributed by atoms with E-state index in [2.05, 4.69) is 40.2 Å². The van der Waals surface area contributed by atoms with Crippen LogP contribution < -0.4 is 0 Å². The van der Waals surface area contributed by atoms with Crippen LogP contribution >= 0.6 is 0 Å². The molecule has 1 fully saturated rings. The summed E-state index contributed by atoms with van der Waals surface area (Å²) in [5.41, 5.74) is 5.35. The van der Waals surface area contributed by atoms with Crippen LogP contribution in [0.3, 0.4) is 0 Å². The van der Waals surface area contributed by atoms with Gasteiger partial charge in [-0.25, -0.2) is 9.67 Å². The van der Waals surface area contributed by atoms with Crippen LogP contribution in [0.1, 0.15) is 56.5 Å². The van der Waals surface area contributed by atoms with Crippen molar-refractivity contribution < 1.29 is 0 Å². The fourth-order valence-corrected chi connectivity index (χ4v) is 3.69.